The SMILES string of the molecule is N#Cc1sc2cnccc2c1-c1cc2c(-c3cnn([C@H]4CC[C@H](OC(=O)C(F)(F)F)CC4)c3)cnc(N)c2o1. The number of nitriles is 1. The summed E-state index contributed by atoms with van der Waals surface area (Å²) in [7, 11) is 0. The predicted octanol–water partition coefficient (Wildman–Crippen LogP) is 6.01. The first-order valence-electron chi connectivity index (χ1n) is 12.0. The van der Waals surface area contributed by atoms with Crippen molar-refractivity contribution in [2.24, 2.45) is 0 Å². The molecule has 5 aromatic heterocycles. The lowest BCUT2D eigenvalue weighted by Gasteiger charge is -2.28. The number of anilines is 1. The van der Waals surface area contributed by atoms with Crippen LogP contribution in [0.15, 0.2) is 47.5 Å². The fraction of sp³-hybridized carbons (Fsp3) is 0.269. The van der Waals surface area contributed by atoms with E-state index in [9.17, 15) is 23.2 Å². The van der Waals surface area contributed by atoms with Gasteiger partial charge in [-0.1, -0.05) is 0 Å². The second kappa shape index (κ2) is 9.39. The molecule has 0 saturated heterocycles. The minimum absolute atomic E-state index is 0.0549. The first-order valence-corrected chi connectivity index (χ1v) is 12.8. The van der Waals surface area contributed by atoms with Crippen molar-refractivity contribution in [1.29, 1.82) is 5.26 Å². The maximum Gasteiger partial charge on any atom is 0.490 e. The summed E-state index contributed by atoms with van der Waals surface area (Å²) in [5, 5.41) is 15.8. The molecule has 0 bridgehead atoms. The molecular formula is C26H19F3N6O3S. The topological polar surface area (TPSA) is 133 Å². The number of halogens is 3. The zero-order valence-electron chi connectivity index (χ0n) is 20.1. The van der Waals surface area contributed by atoms with Crippen LogP contribution in [0.2, 0.25) is 0 Å². The van der Waals surface area contributed by atoms with Crippen LogP contribution < -0.4 is 5.73 Å². The third-order valence-electron chi connectivity index (χ3n) is 6.86. The Labute approximate surface area is 222 Å². The number of pyridine rings is 2. The van der Waals surface area contributed by atoms with Crippen LogP contribution in [0, 0.1) is 11.3 Å². The molecule has 2 N–H and O–H groups in total. The molecule has 0 atom stereocenters. The summed E-state index contributed by atoms with van der Waals surface area (Å²) < 4.78 is 50.9. The van der Waals surface area contributed by atoms with E-state index in [1.54, 1.807) is 29.5 Å². The molecule has 0 unspecified atom stereocenters. The van der Waals surface area contributed by atoms with Crippen LogP contribution in [-0.2, 0) is 9.53 Å². The van der Waals surface area contributed by atoms with E-state index in [1.165, 1.54) is 11.3 Å². The number of hydrogen-bond donors (Lipinski definition) is 1. The van der Waals surface area contributed by atoms with Crippen LogP contribution in [0.4, 0.5) is 19.0 Å². The minimum Gasteiger partial charge on any atom is -0.456 e. The number of aromatic nitrogens is 4. The lowest BCUT2D eigenvalue weighted by Crippen LogP contribution is -2.32. The maximum absolute atomic E-state index is 12.5. The monoisotopic (exact) mass is 552 g/mol. The summed E-state index contributed by atoms with van der Waals surface area (Å²) in [6.07, 6.45) is 4.41. The van der Waals surface area contributed by atoms with E-state index in [4.69, 9.17) is 10.2 Å². The fourth-order valence-electron chi connectivity index (χ4n) is 4.99. The number of thiophene rings is 1. The van der Waals surface area contributed by atoms with Gasteiger partial charge in [0.1, 0.15) is 22.8 Å². The third kappa shape index (κ3) is 4.46. The summed E-state index contributed by atoms with van der Waals surface area (Å²) in [6, 6.07) is 5.85. The number of alkyl halides is 3. The van der Waals surface area contributed by atoms with Crippen molar-refractivity contribution in [3.8, 4) is 28.5 Å². The fourth-order valence-corrected chi connectivity index (χ4v) is 5.97. The highest BCUT2D eigenvalue weighted by Crippen LogP contribution is 2.43. The molecule has 0 aliphatic heterocycles. The molecule has 6 rings (SSSR count). The predicted molar refractivity (Wildman–Crippen MR) is 136 cm³/mol. The molecule has 0 amide bonds. The van der Waals surface area contributed by atoms with Crippen LogP contribution in [0.25, 0.3) is 43.5 Å². The van der Waals surface area contributed by atoms with Crippen molar-refractivity contribution < 1.29 is 27.1 Å². The van der Waals surface area contributed by atoms with E-state index >= 15 is 0 Å². The molecule has 5 heterocycles. The highest BCUT2D eigenvalue weighted by molar-refractivity contribution is 7.20. The van der Waals surface area contributed by atoms with E-state index < -0.39 is 18.2 Å². The smallest absolute Gasteiger partial charge is 0.456 e. The normalized spacial score (nSPS) is 17.9. The molecule has 1 aliphatic rings. The lowest BCUT2D eigenvalue weighted by molar-refractivity contribution is -0.206. The van der Waals surface area contributed by atoms with Gasteiger partial charge in [0.25, 0.3) is 0 Å². The van der Waals surface area contributed by atoms with Crippen molar-refractivity contribution >= 4 is 44.2 Å². The number of rotatable bonds is 4. The van der Waals surface area contributed by atoms with Crippen molar-refractivity contribution in [2.45, 2.75) is 44.0 Å². The van der Waals surface area contributed by atoms with Crippen molar-refractivity contribution in [2.75, 3.05) is 5.73 Å². The largest absolute Gasteiger partial charge is 0.490 e. The van der Waals surface area contributed by atoms with Gasteiger partial charge in [0.05, 0.1) is 22.5 Å². The average molecular weight is 553 g/mol. The molecule has 1 saturated carbocycles. The van der Waals surface area contributed by atoms with Gasteiger partial charge in [-0.2, -0.15) is 23.5 Å². The van der Waals surface area contributed by atoms with Crippen LogP contribution in [0.5, 0.6) is 0 Å². The van der Waals surface area contributed by atoms with E-state index in [0.29, 0.717) is 52.9 Å². The minimum atomic E-state index is -5.00. The molecule has 39 heavy (non-hydrogen) atoms. The molecule has 1 fully saturated rings. The Kier molecular flexibility index (Phi) is 5.99. The van der Waals surface area contributed by atoms with E-state index in [0.717, 1.165) is 21.2 Å². The zero-order chi connectivity index (χ0) is 27.3. The zero-order valence-corrected chi connectivity index (χ0v) is 20.9. The number of nitrogens with zero attached hydrogens (tertiary/aromatic N) is 5. The Hall–Kier alpha value is -4.44. The Balaban J connectivity index is 1.29. The van der Waals surface area contributed by atoms with Gasteiger partial charge >= 0.3 is 12.1 Å². The number of fused-ring (bicyclic) bond motifs is 2. The molecule has 1 aliphatic carbocycles. The number of nitrogen functional groups attached to an aromatic ring is 1. The molecule has 13 heteroatoms. The molecule has 9 nitrogen and oxygen atoms in total. The standard InChI is InChI=1S/C26H19F3N6O3S/c27-26(28,29)25(36)37-15-3-1-14(2-4-15)35-12-13(9-34-35)18-10-33-24(31)23-17(18)7-19(38-23)22-16-5-6-32-11-21(16)39-20(22)8-30/h5-7,9-12,14-15H,1-4H2,(H2,31,33)/t14-,15-. The highest BCUT2D eigenvalue weighted by Gasteiger charge is 2.42. The molecule has 5 aromatic rings. The molecule has 0 aromatic carbocycles. The van der Waals surface area contributed by atoms with Gasteiger partial charge in [0, 0.05) is 46.7 Å². The van der Waals surface area contributed by atoms with Gasteiger partial charge < -0.3 is 14.9 Å². The Morgan fingerprint density at radius 3 is 2.74 bits per heavy atom. The maximum atomic E-state index is 12.5. The number of hydrogen-bond acceptors (Lipinski definition) is 9. The quantitative estimate of drug-likeness (QED) is 0.268. The summed E-state index contributed by atoms with van der Waals surface area (Å²) in [4.78, 5) is 20.1. The van der Waals surface area contributed by atoms with Gasteiger partial charge in [-0.3, -0.25) is 9.67 Å². The number of nitrogens with two attached hydrogens (primary N) is 1. The summed E-state index contributed by atoms with van der Waals surface area (Å²) in [6.45, 7) is 0. The Bertz CT molecular complexity index is 1760. The number of ether oxygens (including phenoxy) is 1. The van der Waals surface area contributed by atoms with Crippen LogP contribution in [-0.4, -0.2) is 38.0 Å². The highest BCUT2D eigenvalue weighted by atomic mass is 32.1. The summed E-state index contributed by atoms with van der Waals surface area (Å²) in [5.74, 6) is -1.46. The van der Waals surface area contributed by atoms with Gasteiger partial charge in [-0.05, 0) is 37.8 Å². The van der Waals surface area contributed by atoms with Crippen LogP contribution in [0.3, 0.4) is 0 Å². The number of carbonyl (C=O) groups excluding carboxylic acids is 1. The van der Waals surface area contributed by atoms with Crippen molar-refractivity contribution in [3.63, 3.8) is 0 Å². The molecular weight excluding hydrogens is 533 g/mol. The van der Waals surface area contributed by atoms with Crippen LogP contribution in [0.1, 0.15) is 36.6 Å². The molecule has 198 valence electrons. The van der Waals surface area contributed by atoms with E-state index in [-0.39, 0.29) is 11.9 Å². The van der Waals surface area contributed by atoms with Crippen molar-refractivity contribution in [3.05, 3.63) is 48.0 Å². The molecule has 0 radical (unpaired) electrons. The number of carbonyl (C=O) groups is 1. The first-order chi connectivity index (χ1) is 18.7. The van der Waals surface area contributed by atoms with E-state index in [2.05, 4.69) is 25.9 Å². The van der Waals surface area contributed by atoms with Crippen molar-refractivity contribution in [1.82, 2.24) is 19.7 Å². The Morgan fingerprint density at radius 1 is 1.21 bits per heavy atom. The Morgan fingerprint density at radius 2 is 2.00 bits per heavy atom. The third-order valence-corrected chi connectivity index (χ3v) is 7.91. The second-order valence-electron chi connectivity index (χ2n) is 9.24. The average Bonchev–Trinajstić information content (AvgIpc) is 3.66. The van der Waals surface area contributed by atoms with E-state index in [1.807, 2.05) is 18.3 Å². The van der Waals surface area contributed by atoms with Gasteiger partial charge in [0.15, 0.2) is 11.4 Å². The van der Waals surface area contributed by atoms with Gasteiger partial charge in [0.2, 0.25) is 0 Å². The summed E-state index contributed by atoms with van der Waals surface area (Å²) >= 11 is 1.33. The lowest BCUT2D eigenvalue weighted by atomic mass is 9.93. The van der Waals surface area contributed by atoms with Gasteiger partial charge in [-0.25, -0.2) is 9.78 Å². The number of furan rings is 1. The first kappa shape index (κ1) is 24.9. The number of esters is 1. The molecule has 0 spiro atoms. The summed E-state index contributed by atoms with van der Waals surface area (Å²) in [5.41, 5.74) is 8.68. The second-order valence-corrected chi connectivity index (χ2v) is 10.3. The van der Waals surface area contributed by atoms with Crippen LogP contribution >= 0.6 is 11.3 Å². The van der Waals surface area contributed by atoms with Gasteiger partial charge in [-0.15, -0.1) is 11.3 Å².